The molecule has 0 aliphatic heterocycles. The predicted molar refractivity (Wildman–Crippen MR) is 75.5 cm³/mol. The van der Waals surface area contributed by atoms with E-state index in [-0.39, 0.29) is 5.24 Å². The lowest BCUT2D eigenvalue weighted by molar-refractivity contribution is 0.108. The van der Waals surface area contributed by atoms with Gasteiger partial charge in [0.2, 0.25) is 0 Å². The van der Waals surface area contributed by atoms with Crippen LogP contribution in [-0.4, -0.2) is 11.5 Å². The van der Waals surface area contributed by atoms with Crippen LogP contribution in [0.1, 0.15) is 20.1 Å². The topological polar surface area (TPSA) is 17.1 Å². The van der Waals surface area contributed by atoms with Crippen molar-refractivity contribution in [2.75, 3.05) is 6.26 Å². The van der Waals surface area contributed by atoms with Crippen LogP contribution in [0.15, 0.2) is 41.3 Å². The maximum atomic E-state index is 11.0. The van der Waals surface area contributed by atoms with Gasteiger partial charge in [-0.2, -0.15) is 0 Å². The Morgan fingerprint density at radius 2 is 1.94 bits per heavy atom. The number of hydrogen-bond donors (Lipinski definition) is 0. The molecule has 1 aromatic heterocycles. The highest BCUT2D eigenvalue weighted by Gasteiger charge is 2.06. The standard InChI is InChI=1S/C13H11ClOS2/c1-16-10-4-2-9(3-5-10)8-11-6-7-12(17-11)13(14)15/h2-7H,8H2,1H3. The first-order valence-corrected chi connectivity index (χ1v) is 7.52. The second-order valence-corrected chi connectivity index (χ2v) is 5.96. The molecule has 0 N–H and O–H groups in total. The van der Waals surface area contributed by atoms with Gasteiger partial charge in [-0.05, 0) is 47.7 Å². The molecule has 0 unspecified atom stereocenters. The van der Waals surface area contributed by atoms with E-state index < -0.39 is 0 Å². The van der Waals surface area contributed by atoms with Crippen LogP contribution in [0.3, 0.4) is 0 Å². The van der Waals surface area contributed by atoms with Crippen molar-refractivity contribution < 1.29 is 4.79 Å². The molecule has 1 aromatic carbocycles. The normalized spacial score (nSPS) is 10.5. The van der Waals surface area contributed by atoms with E-state index in [0.717, 1.165) is 11.3 Å². The molecule has 17 heavy (non-hydrogen) atoms. The molecule has 4 heteroatoms. The largest absolute Gasteiger partial charge is 0.275 e. The number of hydrogen-bond acceptors (Lipinski definition) is 3. The zero-order valence-corrected chi connectivity index (χ0v) is 11.7. The first kappa shape index (κ1) is 12.7. The van der Waals surface area contributed by atoms with Gasteiger partial charge in [-0.15, -0.1) is 23.1 Å². The van der Waals surface area contributed by atoms with Gasteiger partial charge in [-0.3, -0.25) is 4.79 Å². The molecular weight excluding hydrogens is 272 g/mol. The van der Waals surface area contributed by atoms with Gasteiger partial charge in [-0.25, -0.2) is 0 Å². The average molecular weight is 283 g/mol. The highest BCUT2D eigenvalue weighted by atomic mass is 35.5. The number of thioether (sulfide) groups is 1. The van der Waals surface area contributed by atoms with Gasteiger partial charge < -0.3 is 0 Å². The minimum atomic E-state index is -0.376. The van der Waals surface area contributed by atoms with Crippen LogP contribution in [0.25, 0.3) is 0 Å². The number of carbonyl (C=O) groups excluding carboxylic acids is 1. The van der Waals surface area contributed by atoms with E-state index in [9.17, 15) is 4.79 Å². The number of carbonyl (C=O) groups is 1. The lowest BCUT2D eigenvalue weighted by atomic mass is 10.1. The Kier molecular flexibility index (Phi) is 4.26. The maximum Gasteiger partial charge on any atom is 0.262 e. The Labute approximate surface area is 114 Å². The van der Waals surface area contributed by atoms with Crippen molar-refractivity contribution >= 4 is 39.9 Å². The van der Waals surface area contributed by atoms with E-state index in [1.165, 1.54) is 21.8 Å². The highest BCUT2D eigenvalue weighted by molar-refractivity contribution is 7.98. The van der Waals surface area contributed by atoms with Gasteiger partial charge in [0.25, 0.3) is 5.24 Å². The fraction of sp³-hybridized carbons (Fsp3) is 0.154. The van der Waals surface area contributed by atoms with Crippen molar-refractivity contribution in [3.63, 3.8) is 0 Å². The molecule has 1 nitrogen and oxygen atoms in total. The summed E-state index contributed by atoms with van der Waals surface area (Å²) in [7, 11) is 0. The Hall–Kier alpha value is -0.770. The van der Waals surface area contributed by atoms with Gasteiger partial charge >= 0.3 is 0 Å². The highest BCUT2D eigenvalue weighted by Crippen LogP contribution is 2.22. The fourth-order valence-electron chi connectivity index (χ4n) is 1.52. The Balaban J connectivity index is 2.11. The third-order valence-electron chi connectivity index (χ3n) is 2.39. The minimum Gasteiger partial charge on any atom is -0.275 e. The molecule has 0 amide bonds. The third-order valence-corrected chi connectivity index (χ3v) is 4.54. The minimum absolute atomic E-state index is 0.376. The van der Waals surface area contributed by atoms with Crippen molar-refractivity contribution in [1.82, 2.24) is 0 Å². The summed E-state index contributed by atoms with van der Waals surface area (Å²) < 4.78 is 0. The van der Waals surface area contributed by atoms with Gasteiger partial charge in [0.15, 0.2) is 0 Å². The summed E-state index contributed by atoms with van der Waals surface area (Å²) in [6.07, 6.45) is 2.91. The van der Waals surface area contributed by atoms with E-state index in [1.807, 2.05) is 6.07 Å². The van der Waals surface area contributed by atoms with Crippen molar-refractivity contribution in [3.05, 3.63) is 51.7 Å². The number of benzene rings is 1. The van der Waals surface area contributed by atoms with E-state index in [0.29, 0.717) is 4.88 Å². The lowest BCUT2D eigenvalue weighted by Crippen LogP contribution is -1.84. The van der Waals surface area contributed by atoms with Gasteiger partial charge in [0.1, 0.15) is 0 Å². The number of halogens is 1. The zero-order chi connectivity index (χ0) is 12.3. The van der Waals surface area contributed by atoms with Crippen molar-refractivity contribution in [2.45, 2.75) is 11.3 Å². The second kappa shape index (κ2) is 5.71. The lowest BCUT2D eigenvalue weighted by Gasteiger charge is -2.00. The molecule has 2 aromatic rings. The SMILES string of the molecule is CSc1ccc(Cc2ccc(C(=O)Cl)s2)cc1. The Morgan fingerprint density at radius 1 is 1.24 bits per heavy atom. The van der Waals surface area contributed by atoms with E-state index in [4.69, 9.17) is 11.6 Å². The van der Waals surface area contributed by atoms with E-state index >= 15 is 0 Å². The van der Waals surface area contributed by atoms with Gasteiger partial charge in [0, 0.05) is 16.2 Å². The van der Waals surface area contributed by atoms with E-state index in [1.54, 1.807) is 17.8 Å². The van der Waals surface area contributed by atoms with Crippen LogP contribution < -0.4 is 0 Å². The molecule has 0 saturated heterocycles. The molecule has 0 radical (unpaired) electrons. The fourth-order valence-corrected chi connectivity index (χ4v) is 2.98. The molecule has 0 bridgehead atoms. The molecule has 0 spiro atoms. The summed E-state index contributed by atoms with van der Waals surface area (Å²) in [6, 6.07) is 12.2. The first-order chi connectivity index (χ1) is 8.19. The zero-order valence-electron chi connectivity index (χ0n) is 9.27. The summed E-state index contributed by atoms with van der Waals surface area (Å²) in [5, 5.41) is -0.376. The molecule has 0 fully saturated rings. The summed E-state index contributed by atoms with van der Waals surface area (Å²) in [6.45, 7) is 0. The molecule has 0 aliphatic carbocycles. The van der Waals surface area contributed by atoms with Crippen LogP contribution in [0.5, 0.6) is 0 Å². The van der Waals surface area contributed by atoms with Gasteiger partial charge in [-0.1, -0.05) is 12.1 Å². The van der Waals surface area contributed by atoms with Crippen LogP contribution in [0, 0.1) is 0 Å². The molecular formula is C13H11ClOS2. The second-order valence-electron chi connectivity index (χ2n) is 3.56. The van der Waals surface area contributed by atoms with Crippen molar-refractivity contribution in [3.8, 4) is 0 Å². The van der Waals surface area contributed by atoms with Crippen LogP contribution >= 0.6 is 34.7 Å². The number of thiophene rings is 1. The van der Waals surface area contributed by atoms with E-state index in [2.05, 4.69) is 30.5 Å². The maximum absolute atomic E-state index is 11.0. The van der Waals surface area contributed by atoms with Crippen LogP contribution in [0.2, 0.25) is 0 Å². The van der Waals surface area contributed by atoms with Gasteiger partial charge in [0.05, 0.1) is 4.88 Å². The van der Waals surface area contributed by atoms with Crippen molar-refractivity contribution in [1.29, 1.82) is 0 Å². The summed E-state index contributed by atoms with van der Waals surface area (Å²) in [4.78, 5) is 14.0. The monoisotopic (exact) mass is 282 g/mol. The van der Waals surface area contributed by atoms with Crippen LogP contribution in [0.4, 0.5) is 0 Å². The summed E-state index contributed by atoms with van der Waals surface area (Å²) in [5.41, 5.74) is 1.25. The molecule has 88 valence electrons. The summed E-state index contributed by atoms with van der Waals surface area (Å²) in [5.74, 6) is 0. The molecule has 0 aliphatic rings. The Morgan fingerprint density at radius 3 is 2.47 bits per heavy atom. The quantitative estimate of drug-likeness (QED) is 0.609. The molecule has 2 rings (SSSR count). The van der Waals surface area contributed by atoms with Crippen molar-refractivity contribution in [2.24, 2.45) is 0 Å². The predicted octanol–water partition coefficient (Wildman–Crippen LogP) is 4.44. The molecule has 0 saturated carbocycles. The molecule has 1 heterocycles. The smallest absolute Gasteiger partial charge is 0.262 e. The first-order valence-electron chi connectivity index (χ1n) is 5.10. The summed E-state index contributed by atoms with van der Waals surface area (Å²) >= 11 is 8.62. The number of rotatable bonds is 4. The molecule has 0 atom stereocenters. The third kappa shape index (κ3) is 3.35. The Bertz CT molecular complexity index is 516. The average Bonchev–Trinajstić information content (AvgIpc) is 2.79. The van der Waals surface area contributed by atoms with Crippen LogP contribution in [-0.2, 0) is 6.42 Å².